The Morgan fingerprint density at radius 2 is 1.79 bits per heavy atom. The fourth-order valence-electron chi connectivity index (χ4n) is 1.82. The molecule has 0 aliphatic rings. The van der Waals surface area contributed by atoms with Crippen LogP contribution in [0.2, 0.25) is 5.02 Å². The molecule has 0 aliphatic carbocycles. The molecule has 3 rings (SSSR count). The second-order valence-corrected chi connectivity index (χ2v) is 4.50. The molecule has 1 aromatic heterocycles. The van der Waals surface area contributed by atoms with Gasteiger partial charge in [-0.15, -0.1) is 0 Å². The highest BCUT2D eigenvalue weighted by molar-refractivity contribution is 6.30. The summed E-state index contributed by atoms with van der Waals surface area (Å²) in [5, 5.41) is 4.27. The molecular formula is C14H10ClN3O. The molecule has 2 N–H and O–H groups in total. The highest BCUT2D eigenvalue weighted by Crippen LogP contribution is 2.17. The van der Waals surface area contributed by atoms with Crippen molar-refractivity contribution in [2.75, 3.05) is 5.32 Å². The lowest BCUT2D eigenvalue weighted by atomic mass is 10.2. The van der Waals surface area contributed by atoms with Crippen LogP contribution in [-0.4, -0.2) is 9.97 Å². The Bertz CT molecular complexity index is 781. The Morgan fingerprint density at radius 1 is 1.05 bits per heavy atom. The molecule has 4 nitrogen and oxygen atoms in total. The molecule has 1 heterocycles. The van der Waals surface area contributed by atoms with E-state index in [0.29, 0.717) is 21.9 Å². The quantitative estimate of drug-likeness (QED) is 0.752. The van der Waals surface area contributed by atoms with E-state index in [2.05, 4.69) is 15.3 Å². The van der Waals surface area contributed by atoms with Crippen molar-refractivity contribution in [3.8, 4) is 0 Å². The van der Waals surface area contributed by atoms with Crippen LogP contribution in [0.4, 0.5) is 11.6 Å². The zero-order chi connectivity index (χ0) is 13.2. The number of nitrogens with one attached hydrogen (secondary N) is 2. The predicted molar refractivity (Wildman–Crippen MR) is 77.1 cm³/mol. The van der Waals surface area contributed by atoms with Gasteiger partial charge < -0.3 is 5.32 Å². The zero-order valence-electron chi connectivity index (χ0n) is 9.85. The average Bonchev–Trinajstić information content (AvgIpc) is 2.42. The summed E-state index contributed by atoms with van der Waals surface area (Å²) in [5.74, 6) is 0.408. The van der Waals surface area contributed by atoms with Crippen LogP contribution in [0.1, 0.15) is 0 Å². The third kappa shape index (κ3) is 2.44. The van der Waals surface area contributed by atoms with E-state index in [1.165, 1.54) is 0 Å². The van der Waals surface area contributed by atoms with Gasteiger partial charge in [-0.1, -0.05) is 23.7 Å². The van der Waals surface area contributed by atoms with Crippen LogP contribution in [0.5, 0.6) is 0 Å². The maximum Gasteiger partial charge on any atom is 0.260 e. The number of para-hydroxylation sites is 1. The molecule has 0 atom stereocenters. The van der Waals surface area contributed by atoms with Crippen molar-refractivity contribution in [3.63, 3.8) is 0 Å². The van der Waals surface area contributed by atoms with Crippen molar-refractivity contribution in [2.24, 2.45) is 0 Å². The number of halogens is 1. The summed E-state index contributed by atoms with van der Waals surface area (Å²) in [6, 6.07) is 14.4. The monoisotopic (exact) mass is 271 g/mol. The standard InChI is InChI=1S/C14H10ClN3O/c15-9-5-7-10(8-6-9)16-14-17-12-4-2-1-3-11(12)13(19)18-14/h1-8H,(H2,16,17,18,19). The van der Waals surface area contributed by atoms with Crippen molar-refractivity contribution in [3.05, 3.63) is 63.9 Å². The van der Waals surface area contributed by atoms with Gasteiger partial charge in [-0.3, -0.25) is 9.78 Å². The lowest BCUT2D eigenvalue weighted by molar-refractivity contribution is 1.17. The number of benzene rings is 2. The van der Waals surface area contributed by atoms with Gasteiger partial charge in [0.15, 0.2) is 0 Å². The van der Waals surface area contributed by atoms with Crippen LogP contribution in [0.3, 0.4) is 0 Å². The number of hydrogen-bond donors (Lipinski definition) is 2. The first-order valence-electron chi connectivity index (χ1n) is 5.74. The number of aromatic amines is 1. The minimum absolute atomic E-state index is 0.165. The summed E-state index contributed by atoms with van der Waals surface area (Å²) >= 11 is 5.82. The first-order valence-corrected chi connectivity index (χ1v) is 6.12. The molecular weight excluding hydrogens is 262 g/mol. The van der Waals surface area contributed by atoms with E-state index < -0.39 is 0 Å². The van der Waals surface area contributed by atoms with E-state index in [1.807, 2.05) is 24.3 Å². The largest absolute Gasteiger partial charge is 0.326 e. The highest BCUT2D eigenvalue weighted by Gasteiger charge is 2.03. The van der Waals surface area contributed by atoms with Gasteiger partial charge in [0.1, 0.15) is 0 Å². The molecule has 19 heavy (non-hydrogen) atoms. The minimum Gasteiger partial charge on any atom is -0.326 e. The highest BCUT2D eigenvalue weighted by atomic mass is 35.5. The van der Waals surface area contributed by atoms with E-state index >= 15 is 0 Å². The van der Waals surface area contributed by atoms with Crippen LogP contribution < -0.4 is 10.9 Å². The Morgan fingerprint density at radius 3 is 2.58 bits per heavy atom. The molecule has 94 valence electrons. The first-order chi connectivity index (χ1) is 9.22. The van der Waals surface area contributed by atoms with Gasteiger partial charge in [-0.2, -0.15) is 0 Å². The maximum absolute atomic E-state index is 11.9. The third-order valence-electron chi connectivity index (χ3n) is 2.72. The van der Waals surface area contributed by atoms with E-state index in [4.69, 9.17) is 11.6 Å². The predicted octanol–water partition coefficient (Wildman–Crippen LogP) is 3.32. The normalized spacial score (nSPS) is 10.6. The van der Waals surface area contributed by atoms with E-state index in [1.54, 1.807) is 24.3 Å². The molecule has 0 radical (unpaired) electrons. The zero-order valence-corrected chi connectivity index (χ0v) is 10.6. The summed E-state index contributed by atoms with van der Waals surface area (Å²) in [7, 11) is 0. The van der Waals surface area contributed by atoms with Crippen LogP contribution in [0, 0.1) is 0 Å². The number of rotatable bonds is 2. The van der Waals surface area contributed by atoms with Gasteiger partial charge in [0.05, 0.1) is 10.9 Å². The van der Waals surface area contributed by atoms with Crippen LogP contribution in [-0.2, 0) is 0 Å². The number of H-pyrrole nitrogens is 1. The number of hydrogen-bond acceptors (Lipinski definition) is 3. The fourth-order valence-corrected chi connectivity index (χ4v) is 1.94. The molecule has 3 aromatic rings. The number of nitrogens with zero attached hydrogens (tertiary/aromatic N) is 1. The van der Waals surface area contributed by atoms with E-state index in [0.717, 1.165) is 5.69 Å². The average molecular weight is 272 g/mol. The number of aromatic nitrogens is 2. The van der Waals surface area contributed by atoms with Crippen molar-refractivity contribution < 1.29 is 0 Å². The molecule has 0 saturated carbocycles. The lowest BCUT2D eigenvalue weighted by Gasteiger charge is -2.06. The van der Waals surface area contributed by atoms with Crippen molar-refractivity contribution in [2.45, 2.75) is 0 Å². The number of fused-ring (bicyclic) bond motifs is 1. The Labute approximate surface area is 114 Å². The third-order valence-corrected chi connectivity index (χ3v) is 2.97. The second-order valence-electron chi connectivity index (χ2n) is 4.06. The molecule has 0 spiro atoms. The first kappa shape index (κ1) is 11.7. The topological polar surface area (TPSA) is 57.8 Å². The summed E-state index contributed by atoms with van der Waals surface area (Å²) in [6.07, 6.45) is 0. The van der Waals surface area contributed by atoms with E-state index in [9.17, 15) is 4.79 Å². The molecule has 2 aromatic carbocycles. The summed E-state index contributed by atoms with van der Waals surface area (Å²) in [4.78, 5) is 18.9. The van der Waals surface area contributed by atoms with Gasteiger partial charge in [0.25, 0.3) is 5.56 Å². The van der Waals surface area contributed by atoms with Crippen molar-refractivity contribution >= 4 is 34.1 Å². The van der Waals surface area contributed by atoms with Gasteiger partial charge in [0.2, 0.25) is 5.95 Å². The fraction of sp³-hybridized carbons (Fsp3) is 0. The SMILES string of the molecule is O=c1[nH]c(Nc2ccc(Cl)cc2)nc2ccccc12. The molecule has 0 unspecified atom stereocenters. The van der Waals surface area contributed by atoms with Crippen LogP contribution >= 0.6 is 11.6 Å². The number of anilines is 2. The van der Waals surface area contributed by atoms with E-state index in [-0.39, 0.29) is 5.56 Å². The summed E-state index contributed by atoms with van der Waals surface area (Å²) < 4.78 is 0. The maximum atomic E-state index is 11.9. The second kappa shape index (κ2) is 4.74. The van der Waals surface area contributed by atoms with Gasteiger partial charge >= 0.3 is 0 Å². The lowest BCUT2D eigenvalue weighted by Crippen LogP contribution is -2.11. The Kier molecular flexibility index (Phi) is 2.93. The molecule has 5 heteroatoms. The smallest absolute Gasteiger partial charge is 0.260 e. The molecule has 0 saturated heterocycles. The van der Waals surface area contributed by atoms with Gasteiger partial charge in [-0.25, -0.2) is 4.98 Å². The van der Waals surface area contributed by atoms with Crippen LogP contribution in [0.25, 0.3) is 10.9 Å². The molecule has 0 bridgehead atoms. The van der Waals surface area contributed by atoms with Crippen LogP contribution in [0.15, 0.2) is 53.3 Å². The minimum atomic E-state index is -0.165. The van der Waals surface area contributed by atoms with Gasteiger partial charge in [-0.05, 0) is 36.4 Å². The molecule has 0 aliphatic heterocycles. The Balaban J connectivity index is 2.01. The molecule has 0 amide bonds. The van der Waals surface area contributed by atoms with Gasteiger partial charge in [0, 0.05) is 10.7 Å². The van der Waals surface area contributed by atoms with Crippen molar-refractivity contribution in [1.29, 1.82) is 0 Å². The van der Waals surface area contributed by atoms with Crippen molar-refractivity contribution in [1.82, 2.24) is 9.97 Å². The molecule has 0 fully saturated rings. The summed E-state index contributed by atoms with van der Waals surface area (Å²) in [6.45, 7) is 0. The summed E-state index contributed by atoms with van der Waals surface area (Å²) in [5.41, 5.74) is 1.30. The Hall–Kier alpha value is -2.33.